The topological polar surface area (TPSA) is 196 Å². The van der Waals surface area contributed by atoms with Gasteiger partial charge < -0.3 is 35.0 Å². The number of halogens is 3. The molecule has 1 aromatic heterocycles. The minimum absolute atomic E-state index is 0.0422. The summed E-state index contributed by atoms with van der Waals surface area (Å²) in [6.07, 6.45) is 10.6. The average molecular weight is 1130 g/mol. The van der Waals surface area contributed by atoms with Gasteiger partial charge in [0.1, 0.15) is 18.5 Å². The molecule has 3 N–H and O–H groups in total. The number of fused-ring (bicyclic) bond motifs is 3. The van der Waals surface area contributed by atoms with Gasteiger partial charge in [0.2, 0.25) is 11.8 Å². The monoisotopic (exact) mass is 1130 g/mol. The second-order valence-corrected chi connectivity index (χ2v) is 22.3. The number of benzene rings is 4. The fourth-order valence-corrected chi connectivity index (χ4v) is 12.6. The molecule has 17 nitrogen and oxygen atoms in total. The van der Waals surface area contributed by atoms with Gasteiger partial charge in [0.05, 0.1) is 35.8 Å². The molecule has 0 radical (unpaired) electrons. The number of hydrogen-bond donors (Lipinski definition) is 3. The van der Waals surface area contributed by atoms with Crippen molar-refractivity contribution in [2.24, 2.45) is 0 Å². The molecule has 20 heteroatoms. The Balaban J connectivity index is 0.680. The van der Waals surface area contributed by atoms with E-state index in [4.69, 9.17) is 37.9 Å². The first-order chi connectivity index (χ1) is 38.8. The van der Waals surface area contributed by atoms with Crippen LogP contribution in [0.2, 0.25) is 10.0 Å². The molecule has 10 rings (SSSR count). The maximum atomic E-state index is 14.1. The number of hydrogen-bond acceptors (Lipinski definition) is 12. The molecule has 0 saturated carbocycles. The predicted octanol–water partition coefficient (Wildman–Crippen LogP) is 9.42. The highest BCUT2D eigenvalue weighted by molar-refractivity contribution is 6.36. The van der Waals surface area contributed by atoms with Gasteiger partial charge in [0, 0.05) is 84.6 Å². The van der Waals surface area contributed by atoms with Crippen LogP contribution < -0.4 is 30.5 Å². The summed E-state index contributed by atoms with van der Waals surface area (Å²) in [6.45, 7) is 8.28. The molecule has 418 valence electrons. The van der Waals surface area contributed by atoms with Crippen molar-refractivity contribution in [1.29, 1.82) is 5.26 Å². The van der Waals surface area contributed by atoms with Crippen LogP contribution in [0.4, 0.5) is 26.4 Å². The number of ether oxygens (including phenoxy) is 1. The molecule has 80 heavy (non-hydrogen) atoms. The number of aromatic nitrogens is 2. The number of piperidine rings is 1. The zero-order valence-electron chi connectivity index (χ0n) is 44.8. The van der Waals surface area contributed by atoms with E-state index in [0.29, 0.717) is 72.9 Å². The standard InChI is InChI=1S/C60H66Cl2FN11O6/c1-38(63)57(77)73-28-27-72(35-45(73)21-23-64)55-48-22-26-71(51-16-9-13-41-12-8-15-49(62)54(41)51)36-50(48)67-60(69-55)80-37-46-14-10-25-70(46)24-7-5-3-2-4-6-11-39-30-43(61)32-44(31-39)66-59(79)65-33-40-17-18-47-42(29-40)34-74(58(47)78)52-19-20-53(75)68-56(52)76/h8-9,12-13,15-18,29-32,45-46,52H,1-7,10-11,14,19-22,24-28,33-37H2,(H2,65,66,79)(H,68,75,76)/t45-,46-,52?/m0/s1. The molecule has 5 aromatic rings. The molecule has 1 unspecified atom stereocenters. The van der Waals surface area contributed by atoms with E-state index < -0.39 is 29.7 Å². The minimum atomic E-state index is -1.04. The van der Waals surface area contributed by atoms with Gasteiger partial charge in [-0.15, -0.1) is 0 Å². The molecular weight excluding hydrogens is 1060 g/mol. The first-order valence-corrected chi connectivity index (χ1v) is 28.6. The van der Waals surface area contributed by atoms with Crippen LogP contribution in [0.3, 0.4) is 0 Å². The smallest absolute Gasteiger partial charge is 0.319 e. The number of nitriles is 1. The summed E-state index contributed by atoms with van der Waals surface area (Å²) in [5, 5.41) is 21.1. The van der Waals surface area contributed by atoms with Crippen LogP contribution in [0.1, 0.15) is 109 Å². The van der Waals surface area contributed by atoms with Crippen molar-refractivity contribution in [1.82, 2.24) is 35.3 Å². The summed E-state index contributed by atoms with van der Waals surface area (Å²) in [4.78, 5) is 82.9. The highest BCUT2D eigenvalue weighted by Gasteiger charge is 2.40. The molecule has 5 aliphatic rings. The van der Waals surface area contributed by atoms with Gasteiger partial charge in [-0.25, -0.2) is 9.18 Å². The number of aryl methyl sites for hydroxylation is 1. The summed E-state index contributed by atoms with van der Waals surface area (Å²) in [6, 6.07) is 24.2. The summed E-state index contributed by atoms with van der Waals surface area (Å²) in [5.74, 6) is -2.13. The quantitative estimate of drug-likeness (QED) is 0.0380. The highest BCUT2D eigenvalue weighted by Crippen LogP contribution is 2.38. The molecular formula is C60H66Cl2FN11O6. The van der Waals surface area contributed by atoms with Crippen molar-refractivity contribution in [2.45, 2.75) is 121 Å². The van der Waals surface area contributed by atoms with Crippen LogP contribution in [0.5, 0.6) is 6.01 Å². The van der Waals surface area contributed by atoms with Gasteiger partial charge in [-0.1, -0.05) is 91.9 Å². The lowest BCUT2D eigenvalue weighted by atomic mass is 10.0. The summed E-state index contributed by atoms with van der Waals surface area (Å²) in [7, 11) is 0. The van der Waals surface area contributed by atoms with Gasteiger partial charge in [0.25, 0.3) is 11.8 Å². The molecule has 0 bridgehead atoms. The number of carbonyl (C=O) groups excluding carboxylic acids is 5. The van der Waals surface area contributed by atoms with Crippen molar-refractivity contribution in [3.05, 3.63) is 129 Å². The zero-order valence-corrected chi connectivity index (χ0v) is 46.3. The molecule has 3 saturated heterocycles. The number of amides is 6. The lowest BCUT2D eigenvalue weighted by Gasteiger charge is -2.42. The first-order valence-electron chi connectivity index (χ1n) is 27.9. The molecule has 6 heterocycles. The summed E-state index contributed by atoms with van der Waals surface area (Å²) in [5.41, 5.74) is 6.61. The van der Waals surface area contributed by atoms with E-state index in [1.165, 1.54) is 9.80 Å². The number of carbonyl (C=O) groups is 5. The van der Waals surface area contributed by atoms with E-state index in [9.17, 15) is 33.6 Å². The number of piperazine rings is 1. The third-order valence-corrected chi connectivity index (χ3v) is 16.7. The van der Waals surface area contributed by atoms with Gasteiger partial charge >= 0.3 is 12.0 Å². The number of likely N-dealkylation sites (tertiary alicyclic amines) is 1. The molecule has 3 fully saturated rings. The van der Waals surface area contributed by atoms with Crippen molar-refractivity contribution in [3.8, 4) is 12.1 Å². The largest absolute Gasteiger partial charge is 0.462 e. The van der Waals surface area contributed by atoms with Crippen LogP contribution in [0, 0.1) is 11.3 Å². The lowest BCUT2D eigenvalue weighted by Crippen LogP contribution is -2.55. The Morgan fingerprint density at radius 1 is 0.863 bits per heavy atom. The second kappa shape index (κ2) is 25.4. The Kier molecular flexibility index (Phi) is 17.8. The van der Waals surface area contributed by atoms with Crippen molar-refractivity contribution in [2.75, 3.05) is 61.0 Å². The van der Waals surface area contributed by atoms with Crippen LogP contribution >= 0.6 is 23.2 Å². The fraction of sp³-hybridized carbons (Fsp3) is 0.433. The normalized spacial score (nSPS) is 19.2. The van der Waals surface area contributed by atoms with E-state index in [1.807, 2.05) is 36.4 Å². The van der Waals surface area contributed by atoms with Crippen LogP contribution in [-0.2, 0) is 46.9 Å². The third kappa shape index (κ3) is 13.0. The summed E-state index contributed by atoms with van der Waals surface area (Å²) >= 11 is 13.3. The Hall–Kier alpha value is -7.33. The highest BCUT2D eigenvalue weighted by atomic mass is 35.5. The number of anilines is 3. The minimum Gasteiger partial charge on any atom is -0.462 e. The Labute approximate surface area is 475 Å². The SMILES string of the molecule is C=C(F)C(=O)N1CCN(c2nc(OC[C@@H]3CCCN3CCCCCCCCc3cc(Cl)cc(NC(=O)NCc4ccc5c(c4)CN(C4CCC(=O)NC4=O)C5=O)c3)nc3c2CCN(c2cccc4cccc(Cl)c24)C3)C[C@@H]1CC#N. The zero-order chi connectivity index (χ0) is 55.9. The van der Waals surface area contributed by atoms with E-state index >= 15 is 0 Å². The molecule has 4 aromatic carbocycles. The van der Waals surface area contributed by atoms with Crippen LogP contribution in [0.15, 0.2) is 85.2 Å². The average Bonchev–Trinajstić information content (AvgIpc) is 4.05. The van der Waals surface area contributed by atoms with Crippen LogP contribution in [0.25, 0.3) is 10.8 Å². The van der Waals surface area contributed by atoms with E-state index in [-0.39, 0.29) is 56.4 Å². The Bertz CT molecular complexity index is 3240. The maximum absolute atomic E-state index is 14.1. The number of nitrogens with zero attached hydrogens (tertiary/aromatic N) is 8. The fourth-order valence-electron chi connectivity index (χ4n) is 12.1. The first kappa shape index (κ1) is 56.0. The third-order valence-electron chi connectivity index (χ3n) is 16.1. The maximum Gasteiger partial charge on any atom is 0.319 e. The van der Waals surface area contributed by atoms with Crippen molar-refractivity contribution in [3.63, 3.8) is 0 Å². The van der Waals surface area contributed by atoms with Gasteiger partial charge in [-0.2, -0.15) is 15.2 Å². The number of urea groups is 1. The lowest BCUT2D eigenvalue weighted by molar-refractivity contribution is -0.137. The molecule has 0 spiro atoms. The van der Waals surface area contributed by atoms with E-state index in [0.717, 1.165) is 121 Å². The van der Waals surface area contributed by atoms with Gasteiger partial charge in [-0.05, 0) is 117 Å². The summed E-state index contributed by atoms with van der Waals surface area (Å²) < 4.78 is 20.7. The molecule has 6 amide bonds. The van der Waals surface area contributed by atoms with Gasteiger partial charge in [0.15, 0.2) is 5.83 Å². The molecule has 0 aliphatic carbocycles. The number of imide groups is 1. The Morgan fingerprint density at radius 3 is 2.49 bits per heavy atom. The van der Waals surface area contributed by atoms with Gasteiger partial charge in [-0.3, -0.25) is 29.4 Å². The van der Waals surface area contributed by atoms with E-state index in [2.05, 4.69) is 61.5 Å². The van der Waals surface area contributed by atoms with Crippen molar-refractivity contribution >= 4 is 80.8 Å². The van der Waals surface area contributed by atoms with Crippen molar-refractivity contribution < 1.29 is 33.1 Å². The van der Waals surface area contributed by atoms with Crippen LogP contribution in [-0.4, -0.2) is 118 Å². The number of nitrogens with one attached hydrogen (secondary N) is 3. The Morgan fingerprint density at radius 2 is 1.68 bits per heavy atom. The van der Waals surface area contributed by atoms with E-state index in [1.54, 1.807) is 18.2 Å². The molecule has 5 aliphatic heterocycles. The second-order valence-electron chi connectivity index (χ2n) is 21.5. The molecule has 3 atom stereocenters. The number of unbranched alkanes of at least 4 members (excludes halogenated alkanes) is 5. The number of rotatable bonds is 20. The predicted molar refractivity (Wildman–Crippen MR) is 305 cm³/mol.